The van der Waals surface area contributed by atoms with E-state index in [0.717, 1.165) is 37.5 Å². The lowest BCUT2D eigenvalue weighted by Crippen LogP contribution is -2.45. The molecule has 1 aliphatic heterocycles. The maximum atomic E-state index is 7.71. The number of pyridine rings is 1. The van der Waals surface area contributed by atoms with E-state index in [1.54, 1.807) is 6.20 Å². The number of amidine groups is 1. The lowest BCUT2D eigenvalue weighted by molar-refractivity contribution is 0.240. The van der Waals surface area contributed by atoms with Crippen LogP contribution in [0.4, 0.5) is 5.82 Å². The molecule has 1 aromatic heterocycles. The van der Waals surface area contributed by atoms with Crippen molar-refractivity contribution in [2.24, 2.45) is 11.1 Å². The first-order valence-corrected chi connectivity index (χ1v) is 7.13. The number of piperidine rings is 1. The zero-order valence-electron chi connectivity index (χ0n) is 12.5. The normalized spacial score (nSPS) is 18.1. The molecule has 1 fully saturated rings. The molecule has 5 heteroatoms. The Bertz CT molecular complexity index is 479. The predicted octanol–water partition coefficient (Wildman–Crippen LogP) is 2.41. The quantitative estimate of drug-likeness (QED) is 0.654. The van der Waals surface area contributed by atoms with Crippen molar-refractivity contribution < 1.29 is 4.74 Å². The first kappa shape index (κ1) is 14.6. The Kier molecular flexibility index (Phi) is 4.16. The van der Waals surface area contributed by atoms with Gasteiger partial charge in [-0.1, -0.05) is 6.92 Å². The minimum Gasteiger partial charge on any atom is -0.487 e. The maximum absolute atomic E-state index is 7.71. The summed E-state index contributed by atoms with van der Waals surface area (Å²) < 4.78 is 5.83. The van der Waals surface area contributed by atoms with Crippen LogP contribution in [0.5, 0.6) is 5.75 Å². The van der Waals surface area contributed by atoms with Gasteiger partial charge in [0.2, 0.25) is 0 Å². The summed E-state index contributed by atoms with van der Waals surface area (Å²) in [6.45, 7) is 7.79. The zero-order valence-corrected chi connectivity index (χ0v) is 12.5. The number of hydrogen-bond donors (Lipinski definition) is 2. The SMILES string of the molecule is CC(C)Oc1cccnc1N1CCC(C)(C(=N)N)CC1. The van der Waals surface area contributed by atoms with Crippen molar-refractivity contribution in [2.45, 2.75) is 39.7 Å². The topological polar surface area (TPSA) is 75.2 Å². The Labute approximate surface area is 120 Å². The molecule has 20 heavy (non-hydrogen) atoms. The molecule has 1 aromatic rings. The van der Waals surface area contributed by atoms with Crippen LogP contribution in [-0.4, -0.2) is 30.0 Å². The fourth-order valence-electron chi connectivity index (χ4n) is 2.45. The maximum Gasteiger partial charge on any atom is 0.171 e. The van der Waals surface area contributed by atoms with E-state index in [1.807, 2.05) is 26.0 Å². The minimum atomic E-state index is -0.176. The highest BCUT2D eigenvalue weighted by Gasteiger charge is 2.34. The summed E-state index contributed by atoms with van der Waals surface area (Å²) in [6.07, 6.45) is 3.67. The summed E-state index contributed by atoms with van der Waals surface area (Å²) in [7, 11) is 0. The fourth-order valence-corrected chi connectivity index (χ4v) is 2.45. The summed E-state index contributed by atoms with van der Waals surface area (Å²) in [5.41, 5.74) is 5.53. The van der Waals surface area contributed by atoms with Gasteiger partial charge in [-0.2, -0.15) is 0 Å². The molecule has 0 amide bonds. The number of nitrogens with zero attached hydrogens (tertiary/aromatic N) is 2. The lowest BCUT2D eigenvalue weighted by atomic mass is 9.79. The third kappa shape index (κ3) is 3.03. The molecular formula is C15H24N4O. The highest BCUT2D eigenvalue weighted by molar-refractivity contribution is 5.83. The first-order valence-electron chi connectivity index (χ1n) is 7.13. The number of rotatable bonds is 4. The van der Waals surface area contributed by atoms with Gasteiger partial charge in [-0.3, -0.25) is 5.41 Å². The van der Waals surface area contributed by atoms with Gasteiger partial charge < -0.3 is 15.4 Å². The van der Waals surface area contributed by atoms with E-state index in [9.17, 15) is 0 Å². The summed E-state index contributed by atoms with van der Waals surface area (Å²) in [5, 5.41) is 7.71. The number of hydrogen-bond acceptors (Lipinski definition) is 4. The standard InChI is InChI=1S/C15H24N4O/c1-11(2)20-12-5-4-8-18-13(12)19-9-6-15(3,7-10-19)14(16)17/h4-5,8,11H,6-7,9-10H2,1-3H3,(H3,16,17). The van der Waals surface area contributed by atoms with Gasteiger partial charge in [0.05, 0.1) is 11.9 Å². The summed E-state index contributed by atoms with van der Waals surface area (Å²) in [6, 6.07) is 3.85. The van der Waals surface area contributed by atoms with Crippen LogP contribution in [0.3, 0.4) is 0 Å². The van der Waals surface area contributed by atoms with E-state index in [2.05, 4.69) is 16.8 Å². The molecule has 2 rings (SSSR count). The fraction of sp³-hybridized carbons (Fsp3) is 0.600. The molecule has 0 saturated carbocycles. The van der Waals surface area contributed by atoms with Gasteiger partial charge in [0.15, 0.2) is 11.6 Å². The van der Waals surface area contributed by atoms with Gasteiger partial charge in [-0.05, 0) is 38.8 Å². The Hall–Kier alpha value is -1.78. The van der Waals surface area contributed by atoms with E-state index in [-0.39, 0.29) is 17.4 Å². The van der Waals surface area contributed by atoms with Crippen LogP contribution in [0.2, 0.25) is 0 Å². The van der Waals surface area contributed by atoms with Crippen molar-refractivity contribution in [1.29, 1.82) is 5.41 Å². The van der Waals surface area contributed by atoms with E-state index in [4.69, 9.17) is 15.9 Å². The molecule has 0 unspecified atom stereocenters. The van der Waals surface area contributed by atoms with Gasteiger partial charge >= 0.3 is 0 Å². The smallest absolute Gasteiger partial charge is 0.171 e. The second-order valence-electron chi connectivity index (χ2n) is 5.95. The van der Waals surface area contributed by atoms with Crippen molar-refractivity contribution in [3.63, 3.8) is 0 Å². The van der Waals surface area contributed by atoms with Crippen molar-refractivity contribution in [2.75, 3.05) is 18.0 Å². The van der Waals surface area contributed by atoms with Crippen molar-refractivity contribution in [3.05, 3.63) is 18.3 Å². The molecule has 0 aliphatic carbocycles. The highest BCUT2D eigenvalue weighted by Crippen LogP contribution is 2.35. The molecule has 2 heterocycles. The van der Waals surface area contributed by atoms with Crippen LogP contribution in [0.25, 0.3) is 0 Å². The number of anilines is 1. The van der Waals surface area contributed by atoms with E-state index in [1.165, 1.54) is 0 Å². The second kappa shape index (κ2) is 5.69. The summed E-state index contributed by atoms with van der Waals surface area (Å²) in [5.74, 6) is 2.01. The third-order valence-corrected chi connectivity index (χ3v) is 3.93. The third-order valence-electron chi connectivity index (χ3n) is 3.93. The molecule has 0 atom stereocenters. The molecule has 3 N–H and O–H groups in total. The molecule has 5 nitrogen and oxygen atoms in total. The number of nitrogens with two attached hydrogens (primary N) is 1. The largest absolute Gasteiger partial charge is 0.487 e. The Morgan fingerprint density at radius 2 is 2.10 bits per heavy atom. The second-order valence-corrected chi connectivity index (χ2v) is 5.95. The van der Waals surface area contributed by atoms with Gasteiger partial charge in [-0.15, -0.1) is 0 Å². The molecule has 0 radical (unpaired) electrons. The first-order chi connectivity index (χ1) is 9.42. The number of nitrogens with one attached hydrogen (secondary N) is 1. The van der Waals surface area contributed by atoms with Crippen molar-refractivity contribution in [3.8, 4) is 5.75 Å². The van der Waals surface area contributed by atoms with Crippen LogP contribution >= 0.6 is 0 Å². The van der Waals surface area contributed by atoms with Crippen LogP contribution in [0.15, 0.2) is 18.3 Å². The van der Waals surface area contributed by atoms with Gasteiger partial charge in [0, 0.05) is 24.7 Å². The summed E-state index contributed by atoms with van der Waals surface area (Å²) in [4.78, 5) is 6.69. The Morgan fingerprint density at radius 1 is 1.45 bits per heavy atom. The number of ether oxygens (including phenoxy) is 1. The van der Waals surface area contributed by atoms with Crippen molar-refractivity contribution in [1.82, 2.24) is 4.98 Å². The zero-order chi connectivity index (χ0) is 14.8. The minimum absolute atomic E-state index is 0.130. The lowest BCUT2D eigenvalue weighted by Gasteiger charge is -2.39. The molecule has 1 aliphatic rings. The molecule has 110 valence electrons. The van der Waals surface area contributed by atoms with Gasteiger partial charge in [-0.25, -0.2) is 4.98 Å². The average Bonchev–Trinajstić information content (AvgIpc) is 2.40. The van der Waals surface area contributed by atoms with E-state index < -0.39 is 0 Å². The Balaban J connectivity index is 2.13. The van der Waals surface area contributed by atoms with Crippen LogP contribution < -0.4 is 15.4 Å². The molecule has 1 saturated heterocycles. The molecule has 0 spiro atoms. The molecule has 0 aromatic carbocycles. The number of aromatic nitrogens is 1. The van der Waals surface area contributed by atoms with E-state index >= 15 is 0 Å². The van der Waals surface area contributed by atoms with E-state index in [0.29, 0.717) is 0 Å². The molecular weight excluding hydrogens is 252 g/mol. The molecule has 0 bridgehead atoms. The predicted molar refractivity (Wildman–Crippen MR) is 81.5 cm³/mol. The Morgan fingerprint density at radius 3 is 2.65 bits per heavy atom. The van der Waals surface area contributed by atoms with Crippen LogP contribution in [-0.2, 0) is 0 Å². The van der Waals surface area contributed by atoms with Gasteiger partial charge in [0.1, 0.15) is 0 Å². The van der Waals surface area contributed by atoms with Crippen LogP contribution in [0.1, 0.15) is 33.6 Å². The van der Waals surface area contributed by atoms with Gasteiger partial charge in [0.25, 0.3) is 0 Å². The van der Waals surface area contributed by atoms with Crippen LogP contribution in [0, 0.1) is 10.8 Å². The van der Waals surface area contributed by atoms with Crippen molar-refractivity contribution >= 4 is 11.7 Å². The summed E-state index contributed by atoms with van der Waals surface area (Å²) >= 11 is 0. The highest BCUT2D eigenvalue weighted by atomic mass is 16.5. The average molecular weight is 276 g/mol. The monoisotopic (exact) mass is 276 g/mol.